The second-order valence-electron chi connectivity index (χ2n) is 6.31. The molecule has 2 aliphatic rings. The van der Waals surface area contributed by atoms with E-state index in [1.165, 1.54) is 0 Å². The fourth-order valence-electron chi connectivity index (χ4n) is 4.02. The maximum atomic E-state index is 13.5. The largest absolute Gasteiger partial charge is 0.466 e. The van der Waals surface area contributed by atoms with E-state index in [-0.39, 0.29) is 12.4 Å². The Hall–Kier alpha value is -2.66. The number of carbonyl (C=O) groups is 2. The molecule has 0 bridgehead atoms. The van der Waals surface area contributed by atoms with Crippen LogP contribution in [0.1, 0.15) is 29.8 Å². The molecule has 4 rings (SSSR count). The minimum absolute atomic E-state index is 0.128. The smallest absolute Gasteiger partial charge is 0.315 e. The molecule has 25 heavy (non-hydrogen) atoms. The topological polar surface area (TPSA) is 55.8 Å². The van der Waals surface area contributed by atoms with Crippen molar-refractivity contribution in [1.29, 1.82) is 0 Å². The summed E-state index contributed by atoms with van der Waals surface area (Å²) in [5.41, 5.74) is 0.762. The van der Waals surface area contributed by atoms with Gasteiger partial charge in [0, 0.05) is 5.56 Å². The second-order valence-corrected chi connectivity index (χ2v) is 6.31. The van der Waals surface area contributed by atoms with Crippen LogP contribution in [0.4, 0.5) is 5.69 Å². The number of benzene rings is 2. The van der Waals surface area contributed by atoms with E-state index in [1.54, 1.807) is 25.0 Å². The summed E-state index contributed by atoms with van der Waals surface area (Å²) in [7, 11) is 0. The Labute approximate surface area is 146 Å². The summed E-state index contributed by atoms with van der Waals surface area (Å²) >= 11 is 0. The van der Waals surface area contributed by atoms with Gasteiger partial charge in [-0.2, -0.15) is 0 Å². The minimum Gasteiger partial charge on any atom is -0.466 e. The summed E-state index contributed by atoms with van der Waals surface area (Å²) in [6, 6.07) is 16.6. The van der Waals surface area contributed by atoms with Gasteiger partial charge in [-0.05, 0) is 31.5 Å². The van der Waals surface area contributed by atoms with Gasteiger partial charge >= 0.3 is 5.97 Å². The van der Waals surface area contributed by atoms with Crippen molar-refractivity contribution in [3.05, 3.63) is 65.7 Å². The zero-order valence-electron chi connectivity index (χ0n) is 14.1. The number of hydrogen-bond acceptors (Lipinski definition) is 5. The summed E-state index contributed by atoms with van der Waals surface area (Å²) in [5, 5.41) is 1.62. The lowest BCUT2D eigenvalue weighted by Crippen LogP contribution is -2.50. The van der Waals surface area contributed by atoms with E-state index in [2.05, 4.69) is 0 Å². The molecule has 1 saturated heterocycles. The molecule has 0 saturated carbocycles. The fourth-order valence-corrected chi connectivity index (χ4v) is 4.02. The number of nitrogens with zero attached hydrogens (tertiary/aromatic N) is 1. The number of ether oxygens (including phenoxy) is 1. The van der Waals surface area contributed by atoms with Crippen molar-refractivity contribution in [2.75, 3.05) is 11.7 Å². The Bertz CT molecular complexity index is 835. The quantitative estimate of drug-likeness (QED) is 0.806. The van der Waals surface area contributed by atoms with Crippen molar-refractivity contribution in [2.45, 2.75) is 25.5 Å². The number of ketones is 1. The Morgan fingerprint density at radius 1 is 1.16 bits per heavy atom. The molecule has 2 aromatic rings. The lowest BCUT2D eigenvalue weighted by atomic mass is 9.73. The second kappa shape index (κ2) is 5.70. The van der Waals surface area contributed by atoms with Gasteiger partial charge in [0.05, 0.1) is 18.4 Å². The third kappa shape index (κ3) is 1.99. The Kier molecular flexibility index (Phi) is 3.62. The SMILES string of the molecule is CCOC(=O)[C@H]1[C@H](C)ON2c3ccccc3C(=O)[C@@]12c1ccccc1. The molecule has 5 nitrogen and oxygen atoms in total. The Balaban J connectivity index is 1.97. The van der Waals surface area contributed by atoms with Crippen molar-refractivity contribution in [2.24, 2.45) is 5.92 Å². The highest BCUT2D eigenvalue weighted by molar-refractivity contribution is 6.16. The summed E-state index contributed by atoms with van der Waals surface area (Å²) in [4.78, 5) is 32.4. The lowest BCUT2D eigenvalue weighted by Gasteiger charge is -2.33. The molecule has 128 valence electrons. The van der Waals surface area contributed by atoms with Gasteiger partial charge in [0.1, 0.15) is 5.92 Å². The van der Waals surface area contributed by atoms with Gasteiger partial charge in [0.2, 0.25) is 0 Å². The molecule has 0 spiro atoms. The van der Waals surface area contributed by atoms with Gasteiger partial charge in [-0.1, -0.05) is 42.5 Å². The predicted molar refractivity (Wildman–Crippen MR) is 92.0 cm³/mol. The fraction of sp³-hybridized carbons (Fsp3) is 0.300. The molecule has 2 heterocycles. The van der Waals surface area contributed by atoms with E-state index in [4.69, 9.17) is 9.57 Å². The average molecular weight is 337 g/mol. The van der Waals surface area contributed by atoms with Gasteiger partial charge in [0.25, 0.3) is 0 Å². The first-order valence-electron chi connectivity index (χ1n) is 8.45. The number of fused-ring (bicyclic) bond motifs is 3. The summed E-state index contributed by atoms with van der Waals surface area (Å²) in [5.74, 6) is -1.28. The van der Waals surface area contributed by atoms with E-state index >= 15 is 0 Å². The number of anilines is 1. The predicted octanol–water partition coefficient (Wildman–Crippen LogP) is 3.10. The summed E-state index contributed by atoms with van der Waals surface area (Å²) in [6.07, 6.45) is -0.475. The lowest BCUT2D eigenvalue weighted by molar-refractivity contribution is -0.150. The Morgan fingerprint density at radius 3 is 2.56 bits per heavy atom. The number of hydroxylamine groups is 1. The van der Waals surface area contributed by atoms with E-state index in [1.807, 2.05) is 48.5 Å². The maximum absolute atomic E-state index is 13.5. The van der Waals surface area contributed by atoms with Crippen molar-refractivity contribution in [3.8, 4) is 0 Å². The number of para-hydroxylation sites is 1. The van der Waals surface area contributed by atoms with Crippen LogP contribution in [0.2, 0.25) is 0 Å². The van der Waals surface area contributed by atoms with E-state index in [0.29, 0.717) is 11.3 Å². The van der Waals surface area contributed by atoms with Gasteiger partial charge in [-0.3, -0.25) is 14.4 Å². The van der Waals surface area contributed by atoms with E-state index < -0.39 is 23.5 Å². The highest BCUT2D eigenvalue weighted by Gasteiger charge is 2.67. The molecule has 0 radical (unpaired) electrons. The third-order valence-electron chi connectivity index (χ3n) is 4.98. The van der Waals surface area contributed by atoms with Gasteiger partial charge in [0.15, 0.2) is 11.3 Å². The van der Waals surface area contributed by atoms with Crippen molar-refractivity contribution >= 4 is 17.4 Å². The molecule has 5 heteroatoms. The van der Waals surface area contributed by atoms with Crippen molar-refractivity contribution in [1.82, 2.24) is 0 Å². The molecular weight excluding hydrogens is 318 g/mol. The highest BCUT2D eigenvalue weighted by Crippen LogP contribution is 2.55. The molecule has 0 aliphatic carbocycles. The van der Waals surface area contributed by atoms with Crippen LogP contribution in [-0.2, 0) is 19.9 Å². The maximum Gasteiger partial charge on any atom is 0.315 e. The first-order valence-corrected chi connectivity index (χ1v) is 8.45. The highest BCUT2D eigenvalue weighted by atomic mass is 16.7. The van der Waals surface area contributed by atoms with Gasteiger partial charge in [-0.15, -0.1) is 0 Å². The number of Topliss-reactive ketones (excluding diaryl/α,β-unsaturated/α-hetero) is 1. The Morgan fingerprint density at radius 2 is 1.84 bits per heavy atom. The van der Waals surface area contributed by atoms with Gasteiger partial charge < -0.3 is 4.74 Å². The molecule has 2 aromatic carbocycles. The van der Waals surface area contributed by atoms with Crippen LogP contribution in [0.3, 0.4) is 0 Å². The summed E-state index contributed by atoms with van der Waals surface area (Å²) < 4.78 is 5.30. The van der Waals surface area contributed by atoms with Crippen LogP contribution in [0.5, 0.6) is 0 Å². The van der Waals surface area contributed by atoms with Crippen LogP contribution in [-0.4, -0.2) is 24.5 Å². The van der Waals surface area contributed by atoms with Crippen LogP contribution >= 0.6 is 0 Å². The zero-order valence-corrected chi connectivity index (χ0v) is 14.1. The molecular formula is C20H19NO4. The van der Waals surface area contributed by atoms with Crippen molar-refractivity contribution < 1.29 is 19.2 Å². The molecule has 0 aromatic heterocycles. The first-order chi connectivity index (χ1) is 12.1. The van der Waals surface area contributed by atoms with E-state index in [9.17, 15) is 9.59 Å². The standard InChI is InChI=1S/C20H19NO4/c1-3-24-19(23)17-13(2)25-21-16-12-8-7-11-15(16)18(22)20(17,21)14-9-5-4-6-10-14/h4-13,17H,3H2,1-2H3/t13-,17+,20+/m0/s1. The van der Waals surface area contributed by atoms with Crippen LogP contribution in [0.25, 0.3) is 0 Å². The minimum atomic E-state index is -1.23. The number of carbonyl (C=O) groups excluding carboxylic acids is 2. The van der Waals surface area contributed by atoms with Crippen molar-refractivity contribution in [3.63, 3.8) is 0 Å². The zero-order chi connectivity index (χ0) is 17.6. The number of hydrogen-bond donors (Lipinski definition) is 0. The third-order valence-corrected chi connectivity index (χ3v) is 4.98. The summed E-state index contributed by atoms with van der Waals surface area (Å²) in [6.45, 7) is 3.82. The monoisotopic (exact) mass is 337 g/mol. The number of esters is 1. The van der Waals surface area contributed by atoms with Crippen LogP contribution < -0.4 is 5.06 Å². The molecule has 2 aliphatic heterocycles. The van der Waals surface area contributed by atoms with Crippen LogP contribution in [0, 0.1) is 5.92 Å². The molecule has 3 atom stereocenters. The molecule has 1 fully saturated rings. The average Bonchev–Trinajstić information content (AvgIpc) is 3.07. The normalized spacial score (nSPS) is 27.1. The molecule has 0 N–H and O–H groups in total. The first kappa shape index (κ1) is 15.8. The molecule has 0 amide bonds. The van der Waals surface area contributed by atoms with Gasteiger partial charge in [-0.25, -0.2) is 5.06 Å². The molecule has 0 unspecified atom stereocenters. The number of rotatable bonds is 3. The van der Waals surface area contributed by atoms with E-state index in [0.717, 1.165) is 5.56 Å². The van der Waals surface area contributed by atoms with Crippen LogP contribution in [0.15, 0.2) is 54.6 Å².